The molecule has 0 unspecified atom stereocenters. The Hall–Kier alpha value is -2.78. The smallest absolute Gasteiger partial charge is 0.285 e. The number of hydrogen-bond donors (Lipinski definition) is 1. The summed E-state index contributed by atoms with van der Waals surface area (Å²) < 4.78 is 11.1. The van der Waals surface area contributed by atoms with Crippen LogP contribution in [0.5, 0.6) is 5.75 Å². The van der Waals surface area contributed by atoms with Crippen molar-refractivity contribution >= 4 is 69.4 Å². The van der Waals surface area contributed by atoms with E-state index in [1.165, 1.54) is 7.11 Å². The molecule has 3 aromatic rings. The minimum absolute atomic E-state index is 0.202. The average molecular weight is 505 g/mol. The van der Waals surface area contributed by atoms with Crippen LogP contribution in [0.4, 0.5) is 0 Å². The van der Waals surface area contributed by atoms with E-state index < -0.39 is 11.8 Å². The standard InChI is InChI=1S/C22H14Cl2N2O4S2/c1-29-13-7-5-12(6-8-13)20(27)25-26-21(28)18(32-22(26)31)11-14-9-10-17(30-14)15-3-2-4-16(23)19(15)24/h2-11H,1H3,(H,25,27)/b18-11+. The van der Waals surface area contributed by atoms with E-state index >= 15 is 0 Å². The number of rotatable bonds is 5. The molecule has 2 heterocycles. The summed E-state index contributed by atoms with van der Waals surface area (Å²) in [4.78, 5) is 25.6. The van der Waals surface area contributed by atoms with Gasteiger partial charge in [-0.2, -0.15) is 5.01 Å². The van der Waals surface area contributed by atoms with E-state index in [-0.39, 0.29) is 4.32 Å². The molecule has 10 heteroatoms. The summed E-state index contributed by atoms with van der Waals surface area (Å²) in [6.07, 6.45) is 1.56. The monoisotopic (exact) mass is 504 g/mol. The van der Waals surface area contributed by atoms with Crippen molar-refractivity contribution in [2.24, 2.45) is 0 Å². The predicted octanol–water partition coefficient (Wildman–Crippen LogP) is 5.81. The molecule has 1 fully saturated rings. The molecule has 0 radical (unpaired) electrons. The molecule has 0 bridgehead atoms. The highest BCUT2D eigenvalue weighted by Crippen LogP contribution is 2.36. The number of halogens is 2. The van der Waals surface area contributed by atoms with E-state index in [0.29, 0.717) is 43.3 Å². The first-order chi connectivity index (χ1) is 15.4. The third-order valence-corrected chi connectivity index (χ3v) is 6.60. The number of carbonyl (C=O) groups is 2. The average Bonchev–Trinajstić information content (AvgIpc) is 3.36. The Bertz CT molecular complexity index is 1260. The van der Waals surface area contributed by atoms with Gasteiger partial charge in [-0.15, -0.1) is 0 Å². The van der Waals surface area contributed by atoms with Gasteiger partial charge in [-0.3, -0.25) is 15.0 Å². The van der Waals surface area contributed by atoms with Crippen molar-refractivity contribution in [1.29, 1.82) is 0 Å². The first-order valence-electron chi connectivity index (χ1n) is 9.14. The fraction of sp³-hybridized carbons (Fsp3) is 0.0455. The molecule has 6 nitrogen and oxygen atoms in total. The Balaban J connectivity index is 1.50. The van der Waals surface area contributed by atoms with Crippen LogP contribution in [0.15, 0.2) is 63.9 Å². The number of hydrogen-bond acceptors (Lipinski definition) is 6. The minimum atomic E-state index is -0.471. The van der Waals surface area contributed by atoms with Crippen LogP contribution in [0.3, 0.4) is 0 Å². The van der Waals surface area contributed by atoms with Crippen LogP contribution < -0.4 is 10.2 Å². The number of hydrazine groups is 1. The van der Waals surface area contributed by atoms with E-state index in [9.17, 15) is 9.59 Å². The van der Waals surface area contributed by atoms with Crippen molar-refractivity contribution in [3.63, 3.8) is 0 Å². The van der Waals surface area contributed by atoms with E-state index in [0.717, 1.165) is 16.8 Å². The Morgan fingerprint density at radius 2 is 1.91 bits per heavy atom. The first-order valence-corrected chi connectivity index (χ1v) is 11.1. The minimum Gasteiger partial charge on any atom is -0.497 e. The summed E-state index contributed by atoms with van der Waals surface area (Å²) in [5, 5.41) is 1.83. The summed E-state index contributed by atoms with van der Waals surface area (Å²) in [6.45, 7) is 0. The number of thioether (sulfide) groups is 1. The van der Waals surface area contributed by atoms with Crippen molar-refractivity contribution in [3.05, 3.63) is 80.9 Å². The lowest BCUT2D eigenvalue weighted by molar-refractivity contribution is -0.123. The van der Waals surface area contributed by atoms with Gasteiger partial charge in [0.25, 0.3) is 11.8 Å². The third kappa shape index (κ3) is 4.54. The molecule has 1 aliphatic rings. The molecule has 1 N–H and O–H groups in total. The molecular formula is C22H14Cl2N2O4S2. The molecular weight excluding hydrogens is 491 g/mol. The number of nitrogens with zero attached hydrogens (tertiary/aromatic N) is 1. The fourth-order valence-electron chi connectivity index (χ4n) is 2.87. The Morgan fingerprint density at radius 1 is 1.16 bits per heavy atom. The first kappa shape index (κ1) is 22.4. The van der Waals surface area contributed by atoms with Gasteiger partial charge in [0.2, 0.25) is 0 Å². The Kier molecular flexibility index (Phi) is 6.57. The molecule has 0 spiro atoms. The summed E-state index contributed by atoms with van der Waals surface area (Å²) in [6, 6.07) is 15.2. The second-order valence-electron chi connectivity index (χ2n) is 6.49. The van der Waals surface area contributed by atoms with Gasteiger partial charge >= 0.3 is 0 Å². The van der Waals surface area contributed by atoms with Gasteiger partial charge in [-0.1, -0.05) is 41.0 Å². The zero-order valence-electron chi connectivity index (χ0n) is 16.4. The van der Waals surface area contributed by atoms with Crippen molar-refractivity contribution in [2.75, 3.05) is 7.11 Å². The predicted molar refractivity (Wildman–Crippen MR) is 130 cm³/mol. The van der Waals surface area contributed by atoms with E-state index in [1.807, 2.05) is 0 Å². The van der Waals surface area contributed by atoms with Gasteiger partial charge in [0, 0.05) is 17.2 Å². The quantitative estimate of drug-likeness (QED) is 0.349. The molecule has 1 aliphatic heterocycles. The lowest BCUT2D eigenvalue weighted by atomic mass is 10.2. The van der Waals surface area contributed by atoms with Gasteiger partial charge in [0.05, 0.1) is 22.1 Å². The fourth-order valence-corrected chi connectivity index (χ4v) is 4.42. The summed E-state index contributed by atoms with van der Waals surface area (Å²) >= 11 is 18.6. The molecule has 1 aromatic heterocycles. The van der Waals surface area contributed by atoms with Crippen LogP contribution in [0.25, 0.3) is 17.4 Å². The molecule has 0 saturated carbocycles. The van der Waals surface area contributed by atoms with Gasteiger partial charge in [-0.25, -0.2) is 0 Å². The van der Waals surface area contributed by atoms with Gasteiger partial charge in [0.1, 0.15) is 17.3 Å². The Labute approximate surface area is 203 Å². The summed E-state index contributed by atoms with van der Waals surface area (Å²) in [5.74, 6) is 0.624. The number of amides is 2. The zero-order valence-corrected chi connectivity index (χ0v) is 19.6. The van der Waals surface area contributed by atoms with Gasteiger partial charge in [-0.05, 0) is 60.7 Å². The molecule has 2 aromatic carbocycles. The molecule has 1 saturated heterocycles. The van der Waals surface area contributed by atoms with Gasteiger partial charge in [0.15, 0.2) is 4.32 Å². The van der Waals surface area contributed by atoms with Crippen LogP contribution in [0.1, 0.15) is 16.1 Å². The largest absolute Gasteiger partial charge is 0.497 e. The molecule has 2 amide bonds. The lowest BCUT2D eigenvalue weighted by Crippen LogP contribution is -2.44. The van der Waals surface area contributed by atoms with Crippen molar-refractivity contribution in [2.45, 2.75) is 0 Å². The summed E-state index contributed by atoms with van der Waals surface area (Å²) in [5.41, 5.74) is 3.53. The number of thiocarbonyl (C=S) groups is 1. The molecule has 4 rings (SSSR count). The number of benzene rings is 2. The van der Waals surface area contributed by atoms with Crippen LogP contribution in [0.2, 0.25) is 10.0 Å². The number of ether oxygens (including phenoxy) is 1. The number of furan rings is 1. The van der Waals surface area contributed by atoms with Crippen molar-refractivity contribution in [1.82, 2.24) is 10.4 Å². The highest BCUT2D eigenvalue weighted by atomic mass is 35.5. The Morgan fingerprint density at radius 3 is 2.62 bits per heavy atom. The van der Waals surface area contributed by atoms with Crippen LogP contribution in [-0.4, -0.2) is 28.3 Å². The number of nitrogens with one attached hydrogen (secondary N) is 1. The van der Waals surface area contributed by atoms with E-state index in [1.54, 1.807) is 60.7 Å². The highest BCUT2D eigenvalue weighted by molar-refractivity contribution is 8.26. The van der Waals surface area contributed by atoms with Crippen molar-refractivity contribution in [3.8, 4) is 17.1 Å². The number of methoxy groups -OCH3 is 1. The summed E-state index contributed by atoms with van der Waals surface area (Å²) in [7, 11) is 1.53. The van der Waals surface area contributed by atoms with E-state index in [4.69, 9.17) is 44.6 Å². The second-order valence-corrected chi connectivity index (χ2v) is 8.95. The normalized spacial score (nSPS) is 14.8. The van der Waals surface area contributed by atoms with Crippen LogP contribution >= 0.6 is 47.2 Å². The van der Waals surface area contributed by atoms with Gasteiger partial charge < -0.3 is 9.15 Å². The molecule has 0 aliphatic carbocycles. The van der Waals surface area contributed by atoms with Crippen LogP contribution in [0, 0.1) is 0 Å². The zero-order chi connectivity index (χ0) is 22.8. The topological polar surface area (TPSA) is 71.8 Å². The maximum atomic E-state index is 12.8. The molecule has 162 valence electrons. The van der Waals surface area contributed by atoms with E-state index in [2.05, 4.69) is 5.43 Å². The highest BCUT2D eigenvalue weighted by Gasteiger charge is 2.34. The lowest BCUT2D eigenvalue weighted by Gasteiger charge is -2.15. The third-order valence-electron chi connectivity index (χ3n) is 4.48. The maximum absolute atomic E-state index is 12.8. The molecule has 32 heavy (non-hydrogen) atoms. The van der Waals surface area contributed by atoms with Crippen LogP contribution in [-0.2, 0) is 4.79 Å². The maximum Gasteiger partial charge on any atom is 0.285 e. The SMILES string of the molecule is COc1ccc(C(=O)NN2C(=O)/C(=C\c3ccc(-c4cccc(Cl)c4Cl)o3)SC2=S)cc1. The molecule has 0 atom stereocenters. The van der Waals surface area contributed by atoms with Crippen molar-refractivity contribution < 1.29 is 18.7 Å². The second kappa shape index (κ2) is 9.38. The number of carbonyl (C=O) groups excluding carboxylic acids is 2.